The Bertz CT molecular complexity index is 977. The van der Waals surface area contributed by atoms with Gasteiger partial charge in [0.05, 0.1) is 16.2 Å². The third-order valence-electron chi connectivity index (χ3n) is 3.62. The van der Waals surface area contributed by atoms with E-state index < -0.39 is 43.8 Å². The van der Waals surface area contributed by atoms with Crippen LogP contribution in [0.25, 0.3) is 0 Å². The van der Waals surface area contributed by atoms with Gasteiger partial charge in [-0.15, -0.1) is 0 Å². The van der Waals surface area contributed by atoms with Gasteiger partial charge in [0.1, 0.15) is 9.22 Å². The van der Waals surface area contributed by atoms with Gasteiger partial charge in [-0.1, -0.05) is 24.0 Å². The topological polar surface area (TPSA) is 153 Å². The Morgan fingerprint density at radius 2 is 2.10 bits per heavy atom. The summed E-state index contributed by atoms with van der Waals surface area (Å²) in [5.74, 6) is -1.57. The van der Waals surface area contributed by atoms with Crippen molar-refractivity contribution in [1.29, 1.82) is 0 Å². The van der Waals surface area contributed by atoms with Crippen molar-refractivity contribution in [2.45, 2.75) is 4.90 Å². The highest BCUT2D eigenvalue weighted by atomic mass is 32.2. The number of amides is 2. The molecular weight excluding hydrogens is 446 g/mol. The Hall–Kier alpha value is -2.58. The Kier molecular flexibility index (Phi) is 7.26. The first kappa shape index (κ1) is 22.7. The lowest BCUT2D eigenvalue weighted by molar-refractivity contribution is -0.387. The third-order valence-corrected chi connectivity index (χ3v) is 6.20. The smallest absolute Gasteiger partial charge is 0.338 e. The van der Waals surface area contributed by atoms with Crippen LogP contribution in [0, 0.1) is 10.1 Å². The van der Waals surface area contributed by atoms with Crippen molar-refractivity contribution in [2.75, 3.05) is 31.7 Å². The predicted molar refractivity (Wildman–Crippen MR) is 106 cm³/mol. The second-order valence-electron chi connectivity index (χ2n) is 5.74. The number of ether oxygens (including phenoxy) is 1. The number of esters is 1. The monoisotopic (exact) mass is 461 g/mol. The standard InChI is InChI=1S/C15H15N3O8S3/c1-29(24,25)11-3-2-9(6-10(11)18(22)23)14(21)26-7-12(19)16-4-5-17-13(20)8-28-15(17)27/h2-3,6H,4-5,7-8H2,1H3,(H,16,19). The zero-order chi connectivity index (χ0) is 21.8. The molecule has 0 spiro atoms. The van der Waals surface area contributed by atoms with Gasteiger partial charge >= 0.3 is 5.97 Å². The minimum absolute atomic E-state index is 0.0946. The van der Waals surface area contributed by atoms with Crippen molar-refractivity contribution in [3.05, 3.63) is 33.9 Å². The highest BCUT2D eigenvalue weighted by molar-refractivity contribution is 8.23. The van der Waals surface area contributed by atoms with Crippen molar-refractivity contribution in [2.24, 2.45) is 0 Å². The van der Waals surface area contributed by atoms with E-state index in [1.165, 1.54) is 16.7 Å². The van der Waals surface area contributed by atoms with Gasteiger partial charge in [0.25, 0.3) is 11.6 Å². The lowest BCUT2D eigenvalue weighted by Crippen LogP contribution is -2.38. The number of carbonyl (C=O) groups excluding carboxylic acids is 3. The number of hydrogen-bond donors (Lipinski definition) is 1. The van der Waals surface area contributed by atoms with Gasteiger partial charge < -0.3 is 10.1 Å². The number of thioether (sulfide) groups is 1. The van der Waals surface area contributed by atoms with Crippen molar-refractivity contribution < 1.29 is 32.5 Å². The minimum atomic E-state index is -3.87. The molecule has 1 aromatic rings. The summed E-state index contributed by atoms with van der Waals surface area (Å²) in [7, 11) is -3.87. The summed E-state index contributed by atoms with van der Waals surface area (Å²) in [5.41, 5.74) is -1.04. The fraction of sp³-hybridized carbons (Fsp3) is 0.333. The summed E-state index contributed by atoms with van der Waals surface area (Å²) in [6.07, 6.45) is 0.804. The number of carbonyl (C=O) groups is 3. The van der Waals surface area contributed by atoms with E-state index in [4.69, 9.17) is 17.0 Å². The first-order valence-electron chi connectivity index (χ1n) is 7.90. The highest BCUT2D eigenvalue weighted by Crippen LogP contribution is 2.25. The summed E-state index contributed by atoms with van der Waals surface area (Å²) < 4.78 is 28.4. The number of nitrogens with one attached hydrogen (secondary N) is 1. The first-order chi connectivity index (χ1) is 13.5. The van der Waals surface area contributed by atoms with Crippen LogP contribution in [0.1, 0.15) is 10.4 Å². The maximum absolute atomic E-state index is 12.0. The van der Waals surface area contributed by atoms with Gasteiger partial charge in [0.2, 0.25) is 5.91 Å². The molecule has 0 aliphatic carbocycles. The van der Waals surface area contributed by atoms with Crippen molar-refractivity contribution in [3.63, 3.8) is 0 Å². The molecule has 0 atom stereocenters. The number of nitrogens with zero attached hydrogens (tertiary/aromatic N) is 2. The molecule has 1 aliphatic rings. The minimum Gasteiger partial charge on any atom is -0.452 e. The average Bonchev–Trinajstić information content (AvgIpc) is 2.96. The number of benzene rings is 1. The van der Waals surface area contributed by atoms with Crippen LogP contribution in [0.2, 0.25) is 0 Å². The number of thiocarbonyl (C=S) groups is 1. The van der Waals surface area contributed by atoms with E-state index in [1.54, 1.807) is 0 Å². The fourth-order valence-corrected chi connectivity index (χ4v) is 4.22. The van der Waals surface area contributed by atoms with Gasteiger partial charge in [0.15, 0.2) is 16.4 Å². The van der Waals surface area contributed by atoms with E-state index in [0.29, 0.717) is 4.32 Å². The SMILES string of the molecule is CS(=O)(=O)c1ccc(C(=O)OCC(=O)NCCN2C(=O)CSC2=S)cc1[N+](=O)[O-]. The van der Waals surface area contributed by atoms with E-state index in [-0.39, 0.29) is 30.3 Å². The second-order valence-corrected chi connectivity index (χ2v) is 9.33. The van der Waals surface area contributed by atoms with Gasteiger partial charge in [0, 0.05) is 25.4 Å². The average molecular weight is 461 g/mol. The largest absolute Gasteiger partial charge is 0.452 e. The zero-order valence-corrected chi connectivity index (χ0v) is 17.4. The molecule has 0 unspecified atom stereocenters. The zero-order valence-electron chi connectivity index (χ0n) is 14.9. The molecule has 1 N–H and O–H groups in total. The summed E-state index contributed by atoms with van der Waals surface area (Å²) in [4.78, 5) is 46.3. The second kappa shape index (κ2) is 9.28. The lowest BCUT2D eigenvalue weighted by atomic mass is 10.2. The van der Waals surface area contributed by atoms with E-state index >= 15 is 0 Å². The Morgan fingerprint density at radius 3 is 2.66 bits per heavy atom. The number of nitro benzene ring substituents is 1. The molecule has 2 amide bonds. The van der Waals surface area contributed by atoms with Crippen LogP contribution in [-0.2, 0) is 24.2 Å². The van der Waals surface area contributed by atoms with Crippen molar-refractivity contribution >= 4 is 61.6 Å². The molecule has 29 heavy (non-hydrogen) atoms. The summed E-state index contributed by atoms with van der Waals surface area (Å²) >= 11 is 6.23. The molecule has 1 aromatic carbocycles. The van der Waals surface area contributed by atoms with Gasteiger partial charge in [-0.25, -0.2) is 13.2 Å². The molecule has 1 aliphatic heterocycles. The Labute approximate surface area is 174 Å². The molecule has 1 heterocycles. The van der Waals surface area contributed by atoms with Crippen LogP contribution in [0.4, 0.5) is 5.69 Å². The molecule has 0 radical (unpaired) electrons. The van der Waals surface area contributed by atoms with Gasteiger partial charge in [-0.3, -0.25) is 24.6 Å². The summed E-state index contributed by atoms with van der Waals surface area (Å²) in [6, 6.07) is 2.76. The molecule has 11 nitrogen and oxygen atoms in total. The molecule has 156 valence electrons. The maximum atomic E-state index is 12.0. The van der Waals surface area contributed by atoms with Crippen LogP contribution in [0.15, 0.2) is 23.1 Å². The predicted octanol–water partition coefficient (Wildman–Crippen LogP) is 0.132. The quantitative estimate of drug-likeness (QED) is 0.245. The van der Waals surface area contributed by atoms with Crippen LogP contribution in [-0.4, -0.2) is 72.1 Å². The Balaban J connectivity index is 1.91. The van der Waals surface area contributed by atoms with Crippen LogP contribution in [0.5, 0.6) is 0 Å². The normalized spacial score (nSPS) is 14.0. The maximum Gasteiger partial charge on any atom is 0.338 e. The molecule has 2 rings (SSSR count). The third kappa shape index (κ3) is 5.95. The van der Waals surface area contributed by atoms with E-state index in [2.05, 4.69) is 5.32 Å². The van der Waals surface area contributed by atoms with E-state index in [1.807, 2.05) is 0 Å². The van der Waals surface area contributed by atoms with Gasteiger partial charge in [-0.05, 0) is 12.1 Å². The van der Waals surface area contributed by atoms with Crippen LogP contribution < -0.4 is 5.32 Å². The molecule has 0 aromatic heterocycles. The summed E-state index contributed by atoms with van der Waals surface area (Å²) in [5, 5.41) is 13.5. The molecule has 0 saturated carbocycles. The van der Waals surface area contributed by atoms with Crippen molar-refractivity contribution in [1.82, 2.24) is 10.2 Å². The summed E-state index contributed by atoms with van der Waals surface area (Å²) in [6.45, 7) is -0.381. The number of rotatable bonds is 8. The number of nitro groups is 1. The lowest BCUT2D eigenvalue weighted by Gasteiger charge is -2.15. The molecule has 14 heteroatoms. The molecule has 1 saturated heterocycles. The first-order valence-corrected chi connectivity index (χ1v) is 11.2. The Morgan fingerprint density at radius 1 is 1.41 bits per heavy atom. The molecule has 0 bridgehead atoms. The fourth-order valence-electron chi connectivity index (χ4n) is 2.27. The molecule has 1 fully saturated rings. The molecular formula is C15H15N3O8S3. The van der Waals surface area contributed by atoms with Crippen molar-refractivity contribution in [3.8, 4) is 0 Å². The van der Waals surface area contributed by atoms with Crippen LogP contribution in [0.3, 0.4) is 0 Å². The van der Waals surface area contributed by atoms with Crippen LogP contribution >= 0.6 is 24.0 Å². The number of hydrogen-bond acceptors (Lipinski definition) is 10. The van der Waals surface area contributed by atoms with Gasteiger partial charge in [-0.2, -0.15) is 0 Å². The van der Waals surface area contributed by atoms with E-state index in [0.717, 1.165) is 24.5 Å². The highest BCUT2D eigenvalue weighted by Gasteiger charge is 2.26. The number of sulfone groups is 1. The van der Waals surface area contributed by atoms with E-state index in [9.17, 15) is 32.9 Å².